The minimum atomic E-state index is -0.263. The highest BCUT2D eigenvalue weighted by Gasteiger charge is 2.10. The van der Waals surface area contributed by atoms with Crippen LogP contribution < -0.4 is 27.8 Å². The maximum absolute atomic E-state index is 11.9. The number of hydrogen-bond donors (Lipinski definition) is 5. The van der Waals surface area contributed by atoms with E-state index >= 15 is 0 Å². The Balaban J connectivity index is 0.000000182. The Labute approximate surface area is 186 Å². The van der Waals surface area contributed by atoms with Gasteiger partial charge in [0.1, 0.15) is 0 Å². The number of carbonyl (C=O) groups is 2. The van der Waals surface area contributed by atoms with Crippen LogP contribution in [0, 0.1) is 0 Å². The fraction of sp³-hybridized carbons (Fsp3) is 0.0400. The minimum Gasteiger partial charge on any atom is -0.399 e. The van der Waals surface area contributed by atoms with Crippen molar-refractivity contribution in [3.8, 4) is 0 Å². The summed E-state index contributed by atoms with van der Waals surface area (Å²) in [6.45, 7) is 1.49. The molecular formula is C25H25N5O2. The molecule has 7 nitrogen and oxygen atoms in total. The second-order valence-electron chi connectivity index (χ2n) is 7.10. The number of nitrogen functional groups attached to an aromatic ring is 3. The summed E-state index contributed by atoms with van der Waals surface area (Å²) in [6.07, 6.45) is 0. The highest BCUT2D eigenvalue weighted by molar-refractivity contribution is 6.08. The van der Waals surface area contributed by atoms with Gasteiger partial charge in [-0.1, -0.05) is 42.5 Å². The molecule has 0 spiro atoms. The normalized spacial score (nSPS) is 10.0. The average Bonchev–Trinajstić information content (AvgIpc) is 2.78. The average molecular weight is 428 g/mol. The van der Waals surface area contributed by atoms with E-state index in [1.165, 1.54) is 6.92 Å². The third-order valence-corrected chi connectivity index (χ3v) is 4.62. The van der Waals surface area contributed by atoms with Gasteiger partial charge in [-0.25, -0.2) is 0 Å². The molecule has 4 aromatic rings. The number of nitrogens with one attached hydrogen (secondary N) is 2. The monoisotopic (exact) mass is 427 g/mol. The Hall–Kier alpha value is -4.52. The summed E-state index contributed by atoms with van der Waals surface area (Å²) >= 11 is 0. The molecule has 0 saturated heterocycles. The second-order valence-corrected chi connectivity index (χ2v) is 7.10. The summed E-state index contributed by atoms with van der Waals surface area (Å²) < 4.78 is 0. The summed E-state index contributed by atoms with van der Waals surface area (Å²) in [5.41, 5.74) is 20.7. The molecule has 2 amide bonds. The van der Waals surface area contributed by atoms with Gasteiger partial charge in [-0.15, -0.1) is 0 Å². The molecule has 0 aliphatic rings. The van der Waals surface area contributed by atoms with Crippen molar-refractivity contribution in [3.05, 3.63) is 90.5 Å². The first-order valence-corrected chi connectivity index (χ1v) is 9.91. The van der Waals surface area contributed by atoms with Crippen LogP contribution in [0.5, 0.6) is 0 Å². The zero-order valence-corrected chi connectivity index (χ0v) is 17.6. The molecule has 0 aliphatic carbocycles. The lowest BCUT2D eigenvalue weighted by Gasteiger charge is -2.08. The van der Waals surface area contributed by atoms with Crippen LogP contribution in [0.3, 0.4) is 0 Å². The van der Waals surface area contributed by atoms with Crippen molar-refractivity contribution in [2.24, 2.45) is 0 Å². The van der Waals surface area contributed by atoms with Gasteiger partial charge in [-0.3, -0.25) is 9.59 Å². The smallest absolute Gasteiger partial charge is 0.257 e. The molecule has 0 bridgehead atoms. The predicted octanol–water partition coefficient (Wildman–Crippen LogP) is 4.48. The number of hydrogen-bond acceptors (Lipinski definition) is 5. The largest absolute Gasteiger partial charge is 0.399 e. The maximum atomic E-state index is 11.9. The lowest BCUT2D eigenvalue weighted by Crippen LogP contribution is -2.14. The zero-order valence-electron chi connectivity index (χ0n) is 17.6. The standard InChI is InChI=1S/C13H13N3O.C12H12N2O/c14-9-6-7-12(15)11(8-9)13(17)16-10-4-2-1-3-5-10;1-8(15)14-12-7-6-11(13)9-4-2-3-5-10(9)12/h1-8H,14-15H2,(H,16,17);2-7H,13H2,1H3,(H,14,15). The number of nitrogens with two attached hydrogens (primary N) is 3. The van der Waals surface area contributed by atoms with E-state index in [0.29, 0.717) is 16.9 Å². The fourth-order valence-electron chi connectivity index (χ4n) is 3.11. The number of rotatable bonds is 3. The van der Waals surface area contributed by atoms with Crippen LogP contribution >= 0.6 is 0 Å². The lowest BCUT2D eigenvalue weighted by molar-refractivity contribution is -0.114. The summed E-state index contributed by atoms with van der Waals surface area (Å²) in [5, 5.41) is 7.46. The second kappa shape index (κ2) is 9.99. The molecule has 8 N–H and O–H groups in total. The van der Waals surface area contributed by atoms with Crippen LogP contribution in [0.1, 0.15) is 17.3 Å². The lowest BCUT2D eigenvalue weighted by atomic mass is 10.1. The van der Waals surface area contributed by atoms with Crippen LogP contribution in [-0.2, 0) is 4.79 Å². The van der Waals surface area contributed by atoms with Gasteiger partial charge in [0.05, 0.1) is 5.56 Å². The van der Waals surface area contributed by atoms with Gasteiger partial charge in [-0.2, -0.15) is 0 Å². The van der Waals surface area contributed by atoms with Crippen LogP contribution in [0.4, 0.5) is 28.4 Å². The van der Waals surface area contributed by atoms with Crippen LogP contribution in [0.15, 0.2) is 84.9 Å². The van der Waals surface area contributed by atoms with Gasteiger partial charge in [-0.05, 0) is 42.5 Å². The van der Waals surface area contributed by atoms with Crippen LogP contribution in [-0.4, -0.2) is 11.8 Å². The fourth-order valence-corrected chi connectivity index (χ4v) is 3.11. The van der Waals surface area contributed by atoms with Crippen LogP contribution in [0.25, 0.3) is 10.8 Å². The Morgan fingerprint density at radius 1 is 0.688 bits per heavy atom. The van der Waals surface area contributed by atoms with Gasteiger partial charge >= 0.3 is 0 Å². The zero-order chi connectivity index (χ0) is 23.1. The van der Waals surface area contributed by atoms with E-state index in [0.717, 1.165) is 27.8 Å². The number of amides is 2. The molecule has 0 unspecified atom stereocenters. The van der Waals surface area contributed by atoms with E-state index in [1.54, 1.807) is 36.4 Å². The number of para-hydroxylation sites is 1. The minimum absolute atomic E-state index is 0.0788. The van der Waals surface area contributed by atoms with E-state index in [1.807, 2.05) is 48.5 Å². The van der Waals surface area contributed by atoms with Gasteiger partial charge < -0.3 is 27.8 Å². The summed E-state index contributed by atoms with van der Waals surface area (Å²) in [5.74, 6) is -0.342. The van der Waals surface area contributed by atoms with Crippen molar-refractivity contribution < 1.29 is 9.59 Å². The van der Waals surface area contributed by atoms with Crippen LogP contribution in [0.2, 0.25) is 0 Å². The molecular weight excluding hydrogens is 402 g/mol. The van der Waals surface area contributed by atoms with Gasteiger partial charge in [0.2, 0.25) is 5.91 Å². The quantitative estimate of drug-likeness (QED) is 0.307. The molecule has 0 heterocycles. The Kier molecular flexibility index (Phi) is 6.92. The van der Waals surface area contributed by atoms with Gasteiger partial charge in [0.15, 0.2) is 0 Å². The molecule has 4 aromatic carbocycles. The summed E-state index contributed by atoms with van der Waals surface area (Å²) in [7, 11) is 0. The molecule has 4 rings (SSSR count). The summed E-state index contributed by atoms with van der Waals surface area (Å²) in [6, 6.07) is 25.4. The molecule has 0 atom stereocenters. The molecule has 0 saturated carbocycles. The maximum Gasteiger partial charge on any atom is 0.257 e. The molecule has 0 radical (unpaired) electrons. The van der Waals surface area contributed by atoms with E-state index in [-0.39, 0.29) is 11.8 Å². The summed E-state index contributed by atoms with van der Waals surface area (Å²) in [4.78, 5) is 22.9. The number of benzene rings is 4. The van der Waals surface area contributed by atoms with Gasteiger partial charge in [0, 0.05) is 46.1 Å². The SMILES string of the molecule is CC(=O)Nc1ccc(N)c2ccccc12.Nc1ccc(N)c(C(=O)Nc2ccccc2)c1. The van der Waals surface area contributed by atoms with E-state index in [4.69, 9.17) is 17.2 Å². The topological polar surface area (TPSA) is 136 Å². The molecule has 0 aliphatic heterocycles. The van der Waals surface area contributed by atoms with Crippen molar-refractivity contribution in [2.45, 2.75) is 6.92 Å². The predicted molar refractivity (Wildman–Crippen MR) is 132 cm³/mol. The first-order valence-electron chi connectivity index (χ1n) is 9.91. The van der Waals surface area contributed by atoms with Crippen molar-refractivity contribution in [1.29, 1.82) is 0 Å². The molecule has 0 fully saturated rings. The third-order valence-electron chi connectivity index (χ3n) is 4.62. The third kappa shape index (κ3) is 5.54. The number of carbonyl (C=O) groups excluding carboxylic acids is 2. The first-order chi connectivity index (χ1) is 15.3. The Bertz CT molecular complexity index is 1260. The molecule has 0 aromatic heterocycles. The van der Waals surface area contributed by atoms with Crippen molar-refractivity contribution in [1.82, 2.24) is 0 Å². The Morgan fingerprint density at radius 2 is 1.31 bits per heavy atom. The number of fused-ring (bicyclic) bond motifs is 1. The highest BCUT2D eigenvalue weighted by atomic mass is 16.2. The van der Waals surface area contributed by atoms with Gasteiger partial charge in [0.25, 0.3) is 5.91 Å². The molecule has 7 heteroatoms. The molecule has 162 valence electrons. The van der Waals surface area contributed by atoms with Crippen molar-refractivity contribution in [2.75, 3.05) is 27.8 Å². The molecule has 32 heavy (non-hydrogen) atoms. The van der Waals surface area contributed by atoms with E-state index in [9.17, 15) is 9.59 Å². The van der Waals surface area contributed by atoms with Crippen molar-refractivity contribution in [3.63, 3.8) is 0 Å². The van der Waals surface area contributed by atoms with Crippen molar-refractivity contribution >= 4 is 51.0 Å². The van der Waals surface area contributed by atoms with E-state index < -0.39 is 0 Å². The number of anilines is 5. The van der Waals surface area contributed by atoms with E-state index in [2.05, 4.69) is 10.6 Å². The highest BCUT2D eigenvalue weighted by Crippen LogP contribution is 2.27. The first kappa shape index (κ1) is 22.2. The Morgan fingerprint density at radius 3 is 2.00 bits per heavy atom.